The minimum absolute atomic E-state index is 0.0286. The van der Waals surface area contributed by atoms with Crippen LogP contribution in [0.2, 0.25) is 0 Å². The van der Waals surface area contributed by atoms with Gasteiger partial charge in [-0.15, -0.1) is 5.10 Å². The van der Waals surface area contributed by atoms with Gasteiger partial charge in [0.1, 0.15) is 0 Å². The van der Waals surface area contributed by atoms with E-state index in [1.807, 2.05) is 0 Å². The molecule has 0 aliphatic carbocycles. The van der Waals surface area contributed by atoms with E-state index in [0.29, 0.717) is 18.9 Å². The number of nitrogens with zero attached hydrogens (tertiary/aromatic N) is 5. The standard InChI is InChI=1S/C8H11N7O2/c1-5-10-8(17-13-5)11-7(16)6-4-15(3-2-9)14-12-6/h4H,2-3,9H2,1H3,(H,10,11,13,16). The molecule has 9 nitrogen and oxygen atoms in total. The average Bonchev–Trinajstić information content (AvgIpc) is 2.88. The second-order valence-corrected chi connectivity index (χ2v) is 3.26. The van der Waals surface area contributed by atoms with Crippen LogP contribution in [0.15, 0.2) is 10.7 Å². The van der Waals surface area contributed by atoms with Crippen molar-refractivity contribution >= 4 is 11.9 Å². The molecule has 0 bridgehead atoms. The number of aromatic nitrogens is 5. The number of anilines is 1. The van der Waals surface area contributed by atoms with Crippen molar-refractivity contribution in [2.24, 2.45) is 5.73 Å². The average molecular weight is 237 g/mol. The highest BCUT2D eigenvalue weighted by Crippen LogP contribution is 2.04. The fraction of sp³-hybridized carbons (Fsp3) is 0.375. The number of carbonyl (C=O) groups excluding carboxylic acids is 1. The van der Waals surface area contributed by atoms with Crippen LogP contribution in [0.1, 0.15) is 16.3 Å². The van der Waals surface area contributed by atoms with Crippen LogP contribution in [0.3, 0.4) is 0 Å². The van der Waals surface area contributed by atoms with Crippen LogP contribution < -0.4 is 11.1 Å². The topological polar surface area (TPSA) is 125 Å². The predicted octanol–water partition coefficient (Wildman–Crippen LogP) is -0.819. The van der Waals surface area contributed by atoms with Gasteiger partial charge in [0.2, 0.25) is 0 Å². The zero-order chi connectivity index (χ0) is 12.3. The Morgan fingerprint density at radius 3 is 3.12 bits per heavy atom. The largest absolute Gasteiger partial charge is 0.329 e. The van der Waals surface area contributed by atoms with Crippen molar-refractivity contribution in [1.29, 1.82) is 0 Å². The van der Waals surface area contributed by atoms with E-state index in [4.69, 9.17) is 10.3 Å². The summed E-state index contributed by atoms with van der Waals surface area (Å²) in [7, 11) is 0. The summed E-state index contributed by atoms with van der Waals surface area (Å²) in [6.45, 7) is 2.57. The van der Waals surface area contributed by atoms with Crippen LogP contribution in [0.5, 0.6) is 0 Å². The highest BCUT2D eigenvalue weighted by molar-refractivity contribution is 6.01. The number of hydrogen-bond donors (Lipinski definition) is 2. The summed E-state index contributed by atoms with van der Waals surface area (Å²) in [6.07, 6.45) is 1.49. The molecule has 2 heterocycles. The van der Waals surface area contributed by atoms with E-state index in [1.54, 1.807) is 6.92 Å². The van der Waals surface area contributed by atoms with Crippen LogP contribution in [0.4, 0.5) is 6.01 Å². The molecule has 2 aromatic heterocycles. The lowest BCUT2D eigenvalue weighted by molar-refractivity contribution is 0.101. The van der Waals surface area contributed by atoms with Gasteiger partial charge in [-0.05, 0) is 6.92 Å². The third-order valence-corrected chi connectivity index (χ3v) is 1.88. The van der Waals surface area contributed by atoms with Crippen molar-refractivity contribution in [3.63, 3.8) is 0 Å². The van der Waals surface area contributed by atoms with E-state index in [9.17, 15) is 4.79 Å². The highest BCUT2D eigenvalue weighted by atomic mass is 16.5. The Hall–Kier alpha value is -2.29. The normalized spacial score (nSPS) is 10.5. The lowest BCUT2D eigenvalue weighted by atomic mass is 10.4. The van der Waals surface area contributed by atoms with Crippen LogP contribution in [0.25, 0.3) is 0 Å². The molecule has 0 aliphatic heterocycles. The Kier molecular flexibility index (Phi) is 3.10. The van der Waals surface area contributed by atoms with Crippen LogP contribution >= 0.6 is 0 Å². The van der Waals surface area contributed by atoms with Gasteiger partial charge in [0, 0.05) is 6.54 Å². The van der Waals surface area contributed by atoms with E-state index in [-0.39, 0.29) is 11.7 Å². The van der Waals surface area contributed by atoms with Crippen molar-refractivity contribution in [3.8, 4) is 0 Å². The first kappa shape index (κ1) is 11.2. The van der Waals surface area contributed by atoms with E-state index >= 15 is 0 Å². The lowest BCUT2D eigenvalue weighted by Gasteiger charge is -1.94. The van der Waals surface area contributed by atoms with Crippen molar-refractivity contribution < 1.29 is 9.32 Å². The Morgan fingerprint density at radius 1 is 1.65 bits per heavy atom. The minimum atomic E-state index is -0.461. The Labute approximate surface area is 96.0 Å². The molecular weight excluding hydrogens is 226 g/mol. The number of rotatable bonds is 4. The summed E-state index contributed by atoms with van der Waals surface area (Å²) in [6, 6.07) is 0.0286. The first-order valence-electron chi connectivity index (χ1n) is 4.91. The van der Waals surface area contributed by atoms with Gasteiger partial charge in [0.05, 0.1) is 12.7 Å². The number of amides is 1. The van der Waals surface area contributed by atoms with E-state index in [2.05, 4.69) is 25.8 Å². The quantitative estimate of drug-likeness (QED) is 0.711. The molecule has 0 fully saturated rings. The molecule has 0 saturated heterocycles. The fourth-order valence-electron chi connectivity index (χ4n) is 1.15. The third kappa shape index (κ3) is 2.64. The third-order valence-electron chi connectivity index (χ3n) is 1.88. The first-order valence-corrected chi connectivity index (χ1v) is 4.91. The van der Waals surface area contributed by atoms with Gasteiger partial charge in [-0.3, -0.25) is 14.8 Å². The zero-order valence-electron chi connectivity index (χ0n) is 9.12. The molecule has 90 valence electrons. The van der Waals surface area contributed by atoms with E-state index < -0.39 is 5.91 Å². The van der Waals surface area contributed by atoms with Gasteiger partial charge in [-0.1, -0.05) is 10.4 Å². The lowest BCUT2D eigenvalue weighted by Crippen LogP contribution is -2.13. The van der Waals surface area contributed by atoms with Crippen molar-refractivity contribution in [1.82, 2.24) is 25.1 Å². The Bertz CT molecular complexity index is 517. The van der Waals surface area contributed by atoms with E-state index in [0.717, 1.165) is 0 Å². The highest BCUT2D eigenvalue weighted by Gasteiger charge is 2.13. The summed E-state index contributed by atoms with van der Waals surface area (Å²) in [5.41, 5.74) is 5.51. The van der Waals surface area contributed by atoms with Crippen molar-refractivity contribution in [3.05, 3.63) is 17.7 Å². The summed E-state index contributed by atoms with van der Waals surface area (Å²) in [5, 5.41) is 13.4. The first-order chi connectivity index (χ1) is 8.19. The molecule has 2 aromatic rings. The number of nitrogens with two attached hydrogens (primary N) is 1. The van der Waals surface area contributed by atoms with Gasteiger partial charge >= 0.3 is 6.01 Å². The number of hydrogen-bond acceptors (Lipinski definition) is 7. The molecule has 1 amide bonds. The van der Waals surface area contributed by atoms with Gasteiger partial charge in [-0.25, -0.2) is 0 Å². The van der Waals surface area contributed by atoms with Gasteiger partial charge in [-0.2, -0.15) is 4.98 Å². The summed E-state index contributed by atoms with van der Waals surface area (Å²) in [5.74, 6) is -0.0241. The number of nitrogens with one attached hydrogen (secondary N) is 1. The van der Waals surface area contributed by atoms with Crippen LogP contribution in [-0.4, -0.2) is 37.6 Å². The molecule has 0 aromatic carbocycles. The summed E-state index contributed by atoms with van der Waals surface area (Å²) in [4.78, 5) is 15.5. The maximum atomic E-state index is 11.7. The number of aryl methyl sites for hydroxylation is 1. The van der Waals surface area contributed by atoms with Crippen molar-refractivity contribution in [2.45, 2.75) is 13.5 Å². The predicted molar refractivity (Wildman–Crippen MR) is 56.1 cm³/mol. The van der Waals surface area contributed by atoms with Gasteiger partial charge < -0.3 is 10.3 Å². The molecule has 0 atom stereocenters. The Balaban J connectivity index is 2.03. The van der Waals surface area contributed by atoms with E-state index in [1.165, 1.54) is 10.9 Å². The molecule has 9 heteroatoms. The second kappa shape index (κ2) is 4.70. The van der Waals surface area contributed by atoms with Crippen LogP contribution in [-0.2, 0) is 6.54 Å². The van der Waals surface area contributed by atoms with Gasteiger partial charge in [0.15, 0.2) is 11.5 Å². The monoisotopic (exact) mass is 237 g/mol. The zero-order valence-corrected chi connectivity index (χ0v) is 9.12. The molecule has 0 unspecified atom stereocenters. The fourth-order valence-corrected chi connectivity index (χ4v) is 1.15. The molecule has 2 rings (SSSR count). The molecule has 17 heavy (non-hydrogen) atoms. The number of carbonyl (C=O) groups is 1. The molecule has 0 aliphatic rings. The molecular formula is C8H11N7O2. The van der Waals surface area contributed by atoms with Gasteiger partial charge in [0.25, 0.3) is 5.91 Å². The maximum absolute atomic E-state index is 11.7. The molecule has 0 radical (unpaired) electrons. The summed E-state index contributed by atoms with van der Waals surface area (Å²) < 4.78 is 6.22. The smallest absolute Gasteiger partial charge is 0.328 e. The molecule has 0 spiro atoms. The SMILES string of the molecule is Cc1noc(NC(=O)c2cn(CCN)nn2)n1. The molecule has 0 saturated carbocycles. The van der Waals surface area contributed by atoms with Crippen molar-refractivity contribution in [2.75, 3.05) is 11.9 Å². The molecule has 3 N–H and O–H groups in total. The summed E-state index contributed by atoms with van der Waals surface area (Å²) >= 11 is 0. The maximum Gasteiger partial charge on any atom is 0.328 e. The second-order valence-electron chi connectivity index (χ2n) is 3.26. The Morgan fingerprint density at radius 2 is 2.47 bits per heavy atom. The van der Waals surface area contributed by atoms with Crippen LogP contribution in [0, 0.1) is 6.92 Å². The minimum Gasteiger partial charge on any atom is -0.329 e.